The van der Waals surface area contributed by atoms with E-state index in [4.69, 9.17) is 13.9 Å². The molecule has 1 aliphatic rings. The Bertz CT molecular complexity index is 1290. The van der Waals surface area contributed by atoms with Gasteiger partial charge in [-0.3, -0.25) is 9.59 Å². The molecule has 0 fully saturated rings. The molecule has 0 saturated heterocycles. The van der Waals surface area contributed by atoms with E-state index >= 15 is 0 Å². The minimum absolute atomic E-state index is 0.0199. The first-order valence-electron chi connectivity index (χ1n) is 11.5. The number of amides is 1. The van der Waals surface area contributed by atoms with Crippen molar-refractivity contribution in [2.75, 3.05) is 34.3 Å². The second-order valence-corrected chi connectivity index (χ2v) is 9.02. The number of benzene rings is 2. The molecule has 0 saturated carbocycles. The van der Waals surface area contributed by atoms with E-state index in [1.54, 1.807) is 30.3 Å². The van der Waals surface area contributed by atoms with Crippen LogP contribution in [-0.4, -0.2) is 67.0 Å². The molecule has 35 heavy (non-hydrogen) atoms. The number of likely N-dealkylation sites (N-methyl/N-ethyl adjacent to an activating group) is 1. The summed E-state index contributed by atoms with van der Waals surface area (Å²) in [5.41, 5.74) is 1.07. The van der Waals surface area contributed by atoms with Crippen LogP contribution in [0.1, 0.15) is 36.0 Å². The Morgan fingerprint density at radius 2 is 1.91 bits per heavy atom. The van der Waals surface area contributed by atoms with Gasteiger partial charge in [-0.05, 0) is 57.8 Å². The highest BCUT2D eigenvalue weighted by atomic mass is 16.5. The molecule has 8 nitrogen and oxygen atoms in total. The summed E-state index contributed by atoms with van der Waals surface area (Å²) in [6, 6.07) is 13.4. The monoisotopic (exact) mass is 478 g/mol. The maximum atomic E-state index is 13.7. The summed E-state index contributed by atoms with van der Waals surface area (Å²) >= 11 is 0. The van der Waals surface area contributed by atoms with E-state index in [2.05, 4.69) is 0 Å². The van der Waals surface area contributed by atoms with E-state index in [-0.39, 0.29) is 17.4 Å². The number of furan rings is 1. The average Bonchev–Trinajstić information content (AvgIpc) is 3.36. The van der Waals surface area contributed by atoms with Gasteiger partial charge in [0.25, 0.3) is 5.91 Å². The van der Waals surface area contributed by atoms with E-state index in [0.29, 0.717) is 41.1 Å². The van der Waals surface area contributed by atoms with Gasteiger partial charge in [0.05, 0.1) is 24.8 Å². The number of carbonyl (C=O) groups excluding carboxylic acids is 2. The molecule has 1 amide bonds. The van der Waals surface area contributed by atoms with Crippen LogP contribution in [-0.2, 0) is 4.79 Å². The third-order valence-corrected chi connectivity index (χ3v) is 5.83. The maximum Gasteiger partial charge on any atom is 0.290 e. The largest absolute Gasteiger partial charge is 0.503 e. The lowest BCUT2D eigenvalue weighted by atomic mass is 9.94. The van der Waals surface area contributed by atoms with Crippen molar-refractivity contribution in [3.8, 4) is 11.5 Å². The lowest BCUT2D eigenvalue weighted by molar-refractivity contribution is -0.129. The van der Waals surface area contributed by atoms with Crippen LogP contribution >= 0.6 is 0 Å². The van der Waals surface area contributed by atoms with Crippen LogP contribution in [0.5, 0.6) is 11.5 Å². The minimum atomic E-state index is -0.791. The molecule has 1 aromatic heterocycles. The number of aliphatic hydroxyl groups is 1. The van der Waals surface area contributed by atoms with Gasteiger partial charge in [-0.15, -0.1) is 0 Å². The lowest BCUT2D eigenvalue weighted by Gasteiger charge is -2.28. The smallest absolute Gasteiger partial charge is 0.290 e. The average molecular weight is 479 g/mol. The fourth-order valence-electron chi connectivity index (χ4n) is 4.24. The van der Waals surface area contributed by atoms with Gasteiger partial charge in [-0.25, -0.2) is 0 Å². The standard InChI is InChI=1S/C27H30N2O6/c1-16(2)34-19-10-6-8-17(14-19)23-22(25(31)27(32)29(23)13-12-28(3)4)24(30)21-15-18-9-7-11-20(33-5)26(18)35-21/h6-11,14-16,23,31H,12-13H2,1-5H3. The number of methoxy groups -OCH3 is 1. The van der Waals surface area contributed by atoms with E-state index < -0.39 is 23.5 Å². The Balaban J connectivity index is 1.80. The minimum Gasteiger partial charge on any atom is -0.503 e. The van der Waals surface area contributed by atoms with Gasteiger partial charge in [0.2, 0.25) is 5.78 Å². The number of carbonyl (C=O) groups is 2. The second kappa shape index (κ2) is 9.84. The molecule has 1 atom stereocenters. The van der Waals surface area contributed by atoms with Crippen molar-refractivity contribution in [2.45, 2.75) is 26.0 Å². The number of ketones is 1. The van der Waals surface area contributed by atoms with Crippen molar-refractivity contribution in [1.29, 1.82) is 0 Å². The molecule has 2 aromatic carbocycles. The van der Waals surface area contributed by atoms with Gasteiger partial charge in [0, 0.05) is 18.5 Å². The van der Waals surface area contributed by atoms with Gasteiger partial charge in [-0.2, -0.15) is 0 Å². The van der Waals surface area contributed by atoms with Crippen molar-refractivity contribution in [1.82, 2.24) is 9.80 Å². The van der Waals surface area contributed by atoms with Crippen LogP contribution in [0.15, 0.2) is 64.3 Å². The van der Waals surface area contributed by atoms with Gasteiger partial charge in [-0.1, -0.05) is 24.3 Å². The predicted octanol–water partition coefficient (Wildman–Crippen LogP) is 4.37. The molecule has 2 heterocycles. The first-order chi connectivity index (χ1) is 16.7. The molecular weight excluding hydrogens is 448 g/mol. The van der Waals surface area contributed by atoms with Gasteiger partial charge in [0.1, 0.15) is 5.75 Å². The Kier molecular flexibility index (Phi) is 6.84. The number of fused-ring (bicyclic) bond motifs is 1. The number of ether oxygens (including phenoxy) is 2. The highest BCUT2D eigenvalue weighted by molar-refractivity contribution is 6.16. The zero-order chi connectivity index (χ0) is 25.3. The molecule has 4 rings (SSSR count). The van der Waals surface area contributed by atoms with E-state index in [1.165, 1.54) is 12.0 Å². The molecule has 8 heteroatoms. The summed E-state index contributed by atoms with van der Waals surface area (Å²) in [5, 5.41) is 11.6. The summed E-state index contributed by atoms with van der Waals surface area (Å²) in [4.78, 5) is 30.3. The van der Waals surface area contributed by atoms with Crippen LogP contribution in [0.2, 0.25) is 0 Å². The molecule has 0 aliphatic carbocycles. The van der Waals surface area contributed by atoms with Crippen LogP contribution in [0, 0.1) is 0 Å². The zero-order valence-corrected chi connectivity index (χ0v) is 20.6. The summed E-state index contributed by atoms with van der Waals surface area (Å²) in [6.45, 7) is 4.72. The summed E-state index contributed by atoms with van der Waals surface area (Å²) in [5.74, 6) is -0.589. The third-order valence-electron chi connectivity index (χ3n) is 5.83. The van der Waals surface area contributed by atoms with Crippen LogP contribution in [0.4, 0.5) is 0 Å². The quantitative estimate of drug-likeness (QED) is 0.457. The molecule has 0 bridgehead atoms. The molecule has 1 unspecified atom stereocenters. The molecular formula is C27H30N2O6. The van der Waals surface area contributed by atoms with Gasteiger partial charge < -0.3 is 28.8 Å². The SMILES string of the molecule is COc1cccc2cc(C(=O)C3=C(O)C(=O)N(CCN(C)C)C3c3cccc(OC(C)C)c3)oc12. The van der Waals surface area contributed by atoms with E-state index in [1.807, 2.05) is 51.0 Å². The highest BCUT2D eigenvalue weighted by Crippen LogP contribution is 2.41. The Morgan fingerprint density at radius 3 is 2.60 bits per heavy atom. The molecule has 0 spiro atoms. The predicted molar refractivity (Wildman–Crippen MR) is 132 cm³/mol. The Labute approximate surface area is 204 Å². The second-order valence-electron chi connectivity index (χ2n) is 9.02. The van der Waals surface area contributed by atoms with Crippen molar-refractivity contribution >= 4 is 22.7 Å². The molecule has 3 aromatic rings. The molecule has 1 aliphatic heterocycles. The molecule has 184 valence electrons. The van der Waals surface area contributed by atoms with E-state index in [0.717, 1.165) is 0 Å². The van der Waals surface area contributed by atoms with Crippen molar-refractivity contribution in [2.24, 2.45) is 0 Å². The van der Waals surface area contributed by atoms with Gasteiger partial charge >= 0.3 is 0 Å². The number of aliphatic hydroxyl groups excluding tert-OH is 1. The topological polar surface area (TPSA) is 92.5 Å². The van der Waals surface area contributed by atoms with E-state index in [9.17, 15) is 14.7 Å². The van der Waals surface area contributed by atoms with Crippen molar-refractivity contribution < 1.29 is 28.6 Å². The molecule has 1 N–H and O–H groups in total. The number of nitrogens with zero attached hydrogens (tertiary/aromatic N) is 2. The fourth-order valence-corrected chi connectivity index (χ4v) is 4.24. The highest BCUT2D eigenvalue weighted by Gasteiger charge is 2.44. The first-order valence-corrected chi connectivity index (χ1v) is 11.5. The fraction of sp³-hybridized carbons (Fsp3) is 0.333. The normalized spacial score (nSPS) is 16.1. The Hall–Kier alpha value is -3.78. The van der Waals surface area contributed by atoms with Crippen LogP contribution in [0.3, 0.4) is 0 Å². The Morgan fingerprint density at radius 1 is 1.17 bits per heavy atom. The van der Waals surface area contributed by atoms with Gasteiger partial charge in [0.15, 0.2) is 22.9 Å². The number of hydrogen-bond acceptors (Lipinski definition) is 7. The van der Waals surface area contributed by atoms with Crippen LogP contribution in [0.25, 0.3) is 11.0 Å². The van der Waals surface area contributed by atoms with Crippen molar-refractivity contribution in [3.63, 3.8) is 0 Å². The maximum absolute atomic E-state index is 13.7. The third kappa shape index (κ3) is 4.74. The van der Waals surface area contributed by atoms with Crippen molar-refractivity contribution in [3.05, 3.63) is 71.2 Å². The number of rotatable bonds is 9. The lowest BCUT2D eigenvalue weighted by Crippen LogP contribution is -2.36. The first kappa shape index (κ1) is 24.3. The number of Topliss-reactive ketones (excluding diaryl/α,β-unsaturated/α-hetero) is 1. The number of hydrogen-bond donors (Lipinski definition) is 1. The number of para-hydroxylation sites is 1. The summed E-state index contributed by atoms with van der Waals surface area (Å²) in [6.07, 6.45) is -0.0455. The molecule has 0 radical (unpaired) electrons. The summed E-state index contributed by atoms with van der Waals surface area (Å²) < 4.78 is 17.0. The summed E-state index contributed by atoms with van der Waals surface area (Å²) in [7, 11) is 5.31. The zero-order valence-electron chi connectivity index (χ0n) is 20.6. The van der Waals surface area contributed by atoms with Crippen LogP contribution < -0.4 is 9.47 Å².